The molecule has 3 rings (SSSR count). The van der Waals surface area contributed by atoms with Crippen molar-refractivity contribution in [3.63, 3.8) is 0 Å². The van der Waals surface area contributed by atoms with Gasteiger partial charge in [0, 0.05) is 12.1 Å². The number of nitrogens with zero attached hydrogens (tertiary/aromatic N) is 1. The first kappa shape index (κ1) is 23.1. The first-order valence-corrected chi connectivity index (χ1v) is 11.6. The van der Waals surface area contributed by atoms with E-state index in [0.29, 0.717) is 41.6 Å². The largest absolute Gasteiger partial charge is 0.494 e. The molecule has 0 saturated heterocycles. The Morgan fingerprint density at radius 3 is 2.38 bits per heavy atom. The van der Waals surface area contributed by atoms with E-state index in [1.165, 1.54) is 12.1 Å². The van der Waals surface area contributed by atoms with Crippen LogP contribution in [0, 0.1) is 6.92 Å². The summed E-state index contributed by atoms with van der Waals surface area (Å²) in [6.07, 6.45) is 3.76. The summed E-state index contributed by atoms with van der Waals surface area (Å²) in [5.41, 5.74) is 2.30. The molecular formula is C23H25N3O5S. The highest BCUT2D eigenvalue weighted by atomic mass is 32.2. The Balaban J connectivity index is 1.71. The third-order valence-corrected chi connectivity index (χ3v) is 5.91. The van der Waals surface area contributed by atoms with Gasteiger partial charge >= 0.3 is 0 Å². The Morgan fingerprint density at radius 2 is 1.75 bits per heavy atom. The number of nitrogens with one attached hydrogen (secondary N) is 2. The fourth-order valence-corrected chi connectivity index (χ4v) is 3.87. The predicted molar refractivity (Wildman–Crippen MR) is 124 cm³/mol. The Kier molecular flexibility index (Phi) is 7.32. The van der Waals surface area contributed by atoms with Gasteiger partial charge in [0.2, 0.25) is 5.91 Å². The van der Waals surface area contributed by atoms with Crippen LogP contribution < -0.4 is 14.8 Å². The van der Waals surface area contributed by atoms with Crippen molar-refractivity contribution in [2.24, 2.45) is 0 Å². The Labute approximate surface area is 187 Å². The molecule has 1 amide bonds. The Morgan fingerprint density at radius 1 is 1.06 bits per heavy atom. The zero-order valence-corrected chi connectivity index (χ0v) is 18.9. The molecule has 0 bridgehead atoms. The molecule has 0 spiro atoms. The number of ether oxygens (including phenoxy) is 1. The number of aromatic nitrogens is 1. The minimum atomic E-state index is -3.73. The van der Waals surface area contributed by atoms with Gasteiger partial charge in [-0.1, -0.05) is 30.3 Å². The van der Waals surface area contributed by atoms with E-state index in [9.17, 15) is 13.2 Å². The van der Waals surface area contributed by atoms with Crippen molar-refractivity contribution < 1.29 is 22.5 Å². The van der Waals surface area contributed by atoms with Crippen LogP contribution in [0.5, 0.6) is 5.75 Å². The number of sulfonamides is 1. The van der Waals surface area contributed by atoms with Crippen LogP contribution in [0.15, 0.2) is 57.9 Å². The van der Waals surface area contributed by atoms with E-state index < -0.39 is 10.0 Å². The predicted octanol–water partition coefficient (Wildman–Crippen LogP) is 4.70. The summed E-state index contributed by atoms with van der Waals surface area (Å²) in [6.45, 7) is 5.92. The molecular weight excluding hydrogens is 430 g/mol. The Bertz CT molecular complexity index is 1200. The highest BCUT2D eigenvalue weighted by molar-refractivity contribution is 7.92. The smallest absolute Gasteiger partial charge is 0.261 e. The van der Waals surface area contributed by atoms with Crippen LogP contribution in [0.1, 0.15) is 37.3 Å². The first-order valence-electron chi connectivity index (χ1n) is 10.1. The van der Waals surface area contributed by atoms with Crippen LogP contribution in [-0.2, 0) is 14.8 Å². The van der Waals surface area contributed by atoms with Gasteiger partial charge in [-0.25, -0.2) is 8.42 Å². The van der Waals surface area contributed by atoms with Crippen LogP contribution in [0.2, 0.25) is 0 Å². The number of carbonyl (C=O) groups excluding carboxylic acids is 1. The fourth-order valence-electron chi connectivity index (χ4n) is 2.81. The second-order valence-electron chi connectivity index (χ2n) is 6.87. The number of rotatable bonds is 9. The van der Waals surface area contributed by atoms with Gasteiger partial charge in [-0.05, 0) is 61.9 Å². The van der Waals surface area contributed by atoms with Crippen molar-refractivity contribution in [3.8, 4) is 5.75 Å². The van der Waals surface area contributed by atoms with E-state index in [4.69, 9.17) is 9.26 Å². The summed E-state index contributed by atoms with van der Waals surface area (Å²) in [4.78, 5) is 11.8. The van der Waals surface area contributed by atoms with E-state index in [-0.39, 0.29) is 10.8 Å². The topological polar surface area (TPSA) is 111 Å². The number of hydrogen-bond donors (Lipinski definition) is 2. The number of anilines is 2. The number of amides is 1. The second kappa shape index (κ2) is 10.1. The standard InChI is InChI=1S/C23H25N3O5S/c1-4-22(27)24-23-16(3)25-31-21(23)15-8-17-6-13-20(14-7-17)32(28,29)26-18-9-11-19(12-10-18)30-5-2/h6-15,26H,4-5H2,1-3H3,(H,24,27)/b15-8-. The number of aryl methyl sites for hydroxylation is 1. The van der Waals surface area contributed by atoms with E-state index in [1.807, 2.05) is 6.92 Å². The van der Waals surface area contributed by atoms with Crippen LogP contribution in [0.25, 0.3) is 12.2 Å². The zero-order chi connectivity index (χ0) is 23.1. The minimum absolute atomic E-state index is 0.134. The molecule has 2 N–H and O–H groups in total. The molecule has 3 aromatic rings. The number of carbonyl (C=O) groups is 1. The molecule has 0 radical (unpaired) electrons. The lowest BCUT2D eigenvalue weighted by Gasteiger charge is -2.09. The van der Waals surface area contributed by atoms with E-state index >= 15 is 0 Å². The van der Waals surface area contributed by atoms with Gasteiger partial charge in [0.1, 0.15) is 17.1 Å². The number of benzene rings is 2. The SMILES string of the molecule is CCOc1ccc(NS(=O)(=O)c2ccc(/C=C\c3onc(C)c3NC(=O)CC)cc2)cc1. The maximum atomic E-state index is 12.7. The van der Waals surface area contributed by atoms with Crippen LogP contribution in [0.4, 0.5) is 11.4 Å². The lowest BCUT2D eigenvalue weighted by atomic mass is 10.2. The van der Waals surface area contributed by atoms with Crippen LogP contribution >= 0.6 is 0 Å². The summed E-state index contributed by atoms with van der Waals surface area (Å²) in [6, 6.07) is 13.1. The van der Waals surface area contributed by atoms with Gasteiger partial charge in [-0.15, -0.1) is 0 Å². The quantitative estimate of drug-likeness (QED) is 0.484. The van der Waals surface area contributed by atoms with Gasteiger partial charge in [-0.2, -0.15) is 0 Å². The normalized spacial score (nSPS) is 11.5. The van der Waals surface area contributed by atoms with Gasteiger partial charge in [-0.3, -0.25) is 9.52 Å². The molecule has 2 aromatic carbocycles. The molecule has 0 saturated carbocycles. The molecule has 32 heavy (non-hydrogen) atoms. The molecule has 9 heteroatoms. The monoisotopic (exact) mass is 455 g/mol. The maximum absolute atomic E-state index is 12.7. The molecule has 8 nitrogen and oxygen atoms in total. The average Bonchev–Trinajstić information content (AvgIpc) is 3.13. The van der Waals surface area contributed by atoms with Crippen molar-refractivity contribution in [2.75, 3.05) is 16.6 Å². The molecule has 1 heterocycles. The summed E-state index contributed by atoms with van der Waals surface area (Å²) >= 11 is 0. The summed E-state index contributed by atoms with van der Waals surface area (Å²) < 4.78 is 38.5. The number of hydrogen-bond acceptors (Lipinski definition) is 6. The van der Waals surface area contributed by atoms with E-state index in [1.54, 1.807) is 62.4 Å². The van der Waals surface area contributed by atoms with Crippen molar-refractivity contribution >= 4 is 39.5 Å². The van der Waals surface area contributed by atoms with E-state index in [2.05, 4.69) is 15.2 Å². The van der Waals surface area contributed by atoms with Crippen LogP contribution in [-0.4, -0.2) is 26.1 Å². The molecule has 0 aliphatic rings. The van der Waals surface area contributed by atoms with Crippen LogP contribution in [0.3, 0.4) is 0 Å². The third-order valence-electron chi connectivity index (χ3n) is 4.51. The van der Waals surface area contributed by atoms with Gasteiger partial charge in [0.05, 0.1) is 11.5 Å². The summed E-state index contributed by atoms with van der Waals surface area (Å²) in [7, 11) is -3.73. The molecule has 0 unspecified atom stereocenters. The highest BCUT2D eigenvalue weighted by Crippen LogP contribution is 2.24. The fraction of sp³-hybridized carbons (Fsp3) is 0.217. The van der Waals surface area contributed by atoms with Crippen molar-refractivity contribution in [3.05, 3.63) is 65.5 Å². The lowest BCUT2D eigenvalue weighted by Crippen LogP contribution is -2.12. The third kappa shape index (κ3) is 5.76. The molecule has 0 atom stereocenters. The van der Waals surface area contributed by atoms with Crippen molar-refractivity contribution in [1.82, 2.24) is 5.16 Å². The second-order valence-corrected chi connectivity index (χ2v) is 8.56. The van der Waals surface area contributed by atoms with E-state index in [0.717, 1.165) is 5.56 Å². The molecule has 0 aliphatic heterocycles. The molecule has 168 valence electrons. The maximum Gasteiger partial charge on any atom is 0.261 e. The molecule has 0 aliphatic carbocycles. The lowest BCUT2D eigenvalue weighted by molar-refractivity contribution is -0.115. The minimum Gasteiger partial charge on any atom is -0.494 e. The summed E-state index contributed by atoms with van der Waals surface area (Å²) in [5.74, 6) is 0.949. The first-order chi connectivity index (χ1) is 15.3. The zero-order valence-electron chi connectivity index (χ0n) is 18.1. The van der Waals surface area contributed by atoms with Gasteiger partial charge in [0.25, 0.3) is 10.0 Å². The average molecular weight is 456 g/mol. The van der Waals surface area contributed by atoms with Crippen molar-refractivity contribution in [1.29, 1.82) is 0 Å². The molecule has 0 fully saturated rings. The highest BCUT2D eigenvalue weighted by Gasteiger charge is 2.15. The summed E-state index contributed by atoms with van der Waals surface area (Å²) in [5, 5.41) is 6.65. The van der Waals surface area contributed by atoms with Gasteiger partial charge < -0.3 is 14.6 Å². The molecule has 1 aromatic heterocycles. The van der Waals surface area contributed by atoms with Crippen molar-refractivity contribution in [2.45, 2.75) is 32.1 Å². The Hall–Kier alpha value is -3.59. The van der Waals surface area contributed by atoms with Gasteiger partial charge in [0.15, 0.2) is 5.76 Å².